The first kappa shape index (κ1) is 15.5. The summed E-state index contributed by atoms with van der Waals surface area (Å²) in [6.45, 7) is 4.44. The van der Waals surface area contributed by atoms with Gasteiger partial charge in [0.15, 0.2) is 0 Å². The van der Waals surface area contributed by atoms with Crippen molar-refractivity contribution in [3.63, 3.8) is 0 Å². The highest BCUT2D eigenvalue weighted by Crippen LogP contribution is 2.30. The Morgan fingerprint density at radius 2 is 2.00 bits per heavy atom. The summed E-state index contributed by atoms with van der Waals surface area (Å²) in [6, 6.07) is 11.4. The number of fused-ring (bicyclic) bond motifs is 1. The Bertz CT molecular complexity index is 905. The fraction of sp³-hybridized carbons (Fsp3) is 0.263. The maximum absolute atomic E-state index is 12.9. The van der Waals surface area contributed by atoms with Crippen LogP contribution < -0.4 is 0 Å². The van der Waals surface area contributed by atoms with Gasteiger partial charge in [-0.2, -0.15) is 5.10 Å². The van der Waals surface area contributed by atoms with Gasteiger partial charge in [-0.25, -0.2) is 9.97 Å². The normalized spacial score (nSPS) is 16.6. The third kappa shape index (κ3) is 2.80. The number of aryl methyl sites for hydroxylation is 1. The van der Waals surface area contributed by atoms with Crippen molar-refractivity contribution in [3.05, 3.63) is 65.2 Å². The predicted molar refractivity (Wildman–Crippen MR) is 93.8 cm³/mol. The van der Waals surface area contributed by atoms with Crippen molar-refractivity contribution in [2.75, 3.05) is 0 Å². The van der Waals surface area contributed by atoms with Crippen LogP contribution in [0.4, 0.5) is 0 Å². The van der Waals surface area contributed by atoms with Crippen LogP contribution >= 0.6 is 0 Å². The van der Waals surface area contributed by atoms with E-state index in [0.717, 1.165) is 29.1 Å². The quantitative estimate of drug-likeness (QED) is 0.782. The minimum absolute atomic E-state index is 0.0399. The summed E-state index contributed by atoms with van der Waals surface area (Å²) in [4.78, 5) is 24.0. The highest BCUT2D eigenvalue weighted by atomic mass is 16.2. The molecular weight excluding hydrogens is 314 g/mol. The molecule has 1 amide bonds. The Balaban J connectivity index is 1.73. The maximum Gasteiger partial charge on any atom is 0.254 e. The number of aromatic amines is 1. The van der Waals surface area contributed by atoms with Crippen molar-refractivity contribution >= 4 is 5.91 Å². The van der Waals surface area contributed by atoms with Gasteiger partial charge in [-0.05, 0) is 38.5 Å². The van der Waals surface area contributed by atoms with E-state index in [4.69, 9.17) is 0 Å². The number of rotatable bonds is 2. The average molecular weight is 333 g/mol. The zero-order valence-electron chi connectivity index (χ0n) is 14.2. The van der Waals surface area contributed by atoms with Crippen LogP contribution in [0.5, 0.6) is 0 Å². The van der Waals surface area contributed by atoms with Crippen molar-refractivity contribution in [3.8, 4) is 11.4 Å². The van der Waals surface area contributed by atoms with Crippen LogP contribution in [-0.2, 0) is 13.0 Å². The van der Waals surface area contributed by atoms with Crippen LogP contribution in [0.25, 0.3) is 11.4 Å². The van der Waals surface area contributed by atoms with Crippen LogP contribution in [-0.4, -0.2) is 37.0 Å². The third-order valence-corrected chi connectivity index (χ3v) is 4.59. The van der Waals surface area contributed by atoms with Crippen LogP contribution in [0.2, 0.25) is 0 Å². The summed E-state index contributed by atoms with van der Waals surface area (Å²) in [7, 11) is 0. The molecular formula is C19H19N5O. The van der Waals surface area contributed by atoms with E-state index in [1.54, 1.807) is 6.20 Å². The number of benzene rings is 1. The molecule has 1 aromatic carbocycles. The van der Waals surface area contributed by atoms with Crippen molar-refractivity contribution in [2.45, 2.75) is 32.9 Å². The molecule has 0 saturated carbocycles. The molecule has 25 heavy (non-hydrogen) atoms. The predicted octanol–water partition coefficient (Wildman–Crippen LogP) is 2.76. The number of carbonyl (C=O) groups excluding carboxylic acids is 1. The molecule has 1 aliphatic rings. The zero-order valence-corrected chi connectivity index (χ0v) is 14.2. The second kappa shape index (κ2) is 6.12. The zero-order chi connectivity index (χ0) is 17.4. The Morgan fingerprint density at radius 3 is 2.72 bits per heavy atom. The second-order valence-electron chi connectivity index (χ2n) is 6.37. The summed E-state index contributed by atoms with van der Waals surface area (Å²) in [5.41, 5.74) is 4.49. The lowest BCUT2D eigenvalue weighted by molar-refractivity contribution is 0.0654. The van der Waals surface area contributed by atoms with E-state index in [1.807, 2.05) is 48.2 Å². The number of hydrogen-bond donors (Lipinski definition) is 1. The molecule has 0 radical (unpaired) electrons. The topological polar surface area (TPSA) is 74.8 Å². The van der Waals surface area contributed by atoms with Crippen molar-refractivity contribution in [1.82, 2.24) is 25.1 Å². The Hall–Kier alpha value is -3.02. The molecule has 4 rings (SSSR count). The van der Waals surface area contributed by atoms with Crippen molar-refractivity contribution in [2.24, 2.45) is 0 Å². The number of nitrogens with zero attached hydrogens (tertiary/aromatic N) is 4. The molecule has 0 fully saturated rings. The summed E-state index contributed by atoms with van der Waals surface area (Å²) in [5.74, 6) is 0.739. The smallest absolute Gasteiger partial charge is 0.254 e. The van der Waals surface area contributed by atoms with E-state index in [-0.39, 0.29) is 11.9 Å². The van der Waals surface area contributed by atoms with E-state index in [9.17, 15) is 4.79 Å². The minimum atomic E-state index is 0.0399. The molecule has 1 aliphatic heterocycles. The molecule has 0 bridgehead atoms. The highest BCUT2D eigenvalue weighted by molar-refractivity contribution is 5.94. The average Bonchev–Trinajstić information content (AvgIpc) is 3.15. The molecule has 2 aromatic heterocycles. The number of hydrogen-bond acceptors (Lipinski definition) is 4. The molecule has 1 unspecified atom stereocenters. The van der Waals surface area contributed by atoms with Gasteiger partial charge in [0.2, 0.25) is 0 Å². The van der Waals surface area contributed by atoms with Gasteiger partial charge in [0.05, 0.1) is 23.6 Å². The van der Waals surface area contributed by atoms with E-state index < -0.39 is 0 Å². The van der Waals surface area contributed by atoms with Gasteiger partial charge in [-0.15, -0.1) is 0 Å². The first-order valence-corrected chi connectivity index (χ1v) is 8.35. The van der Waals surface area contributed by atoms with E-state index >= 15 is 0 Å². The SMILES string of the molecule is Cc1nc2c(c(-c3ccn[nH]3)n1)CC(C)N(C(=O)c1ccccc1)C2. The van der Waals surface area contributed by atoms with E-state index in [0.29, 0.717) is 17.9 Å². The first-order chi connectivity index (χ1) is 12.1. The number of nitrogens with one attached hydrogen (secondary N) is 1. The fourth-order valence-electron chi connectivity index (χ4n) is 3.35. The largest absolute Gasteiger partial charge is 0.330 e. The summed E-state index contributed by atoms with van der Waals surface area (Å²) in [6.07, 6.45) is 2.44. The molecule has 0 spiro atoms. The Morgan fingerprint density at radius 1 is 1.20 bits per heavy atom. The van der Waals surface area contributed by atoms with Crippen LogP contribution in [0.3, 0.4) is 0 Å². The highest BCUT2D eigenvalue weighted by Gasteiger charge is 2.31. The van der Waals surface area contributed by atoms with Crippen LogP contribution in [0, 0.1) is 6.92 Å². The van der Waals surface area contributed by atoms with E-state index in [1.165, 1.54) is 0 Å². The van der Waals surface area contributed by atoms with Crippen molar-refractivity contribution < 1.29 is 4.79 Å². The second-order valence-corrected chi connectivity index (χ2v) is 6.37. The molecule has 3 heterocycles. The van der Waals surface area contributed by atoms with Gasteiger partial charge in [0.25, 0.3) is 5.91 Å². The lowest BCUT2D eigenvalue weighted by Gasteiger charge is -2.35. The number of aromatic nitrogens is 4. The number of amides is 1. The Kier molecular flexibility index (Phi) is 3.80. The minimum Gasteiger partial charge on any atom is -0.330 e. The lowest BCUT2D eigenvalue weighted by atomic mass is 9.95. The first-order valence-electron chi connectivity index (χ1n) is 8.35. The molecule has 6 nitrogen and oxygen atoms in total. The molecule has 0 saturated heterocycles. The molecule has 1 atom stereocenters. The molecule has 126 valence electrons. The van der Waals surface area contributed by atoms with Gasteiger partial charge in [-0.3, -0.25) is 9.89 Å². The monoisotopic (exact) mass is 333 g/mol. The molecule has 1 N–H and O–H groups in total. The lowest BCUT2D eigenvalue weighted by Crippen LogP contribution is -2.43. The number of carbonyl (C=O) groups is 1. The summed E-state index contributed by atoms with van der Waals surface area (Å²) < 4.78 is 0. The Labute approximate surface area is 145 Å². The van der Waals surface area contributed by atoms with Crippen LogP contribution in [0.15, 0.2) is 42.6 Å². The molecule has 3 aromatic rings. The maximum atomic E-state index is 12.9. The van der Waals surface area contributed by atoms with Gasteiger partial charge in [0.1, 0.15) is 5.82 Å². The van der Waals surface area contributed by atoms with Crippen molar-refractivity contribution in [1.29, 1.82) is 0 Å². The fourth-order valence-corrected chi connectivity index (χ4v) is 3.35. The summed E-state index contributed by atoms with van der Waals surface area (Å²) >= 11 is 0. The standard InChI is InChI=1S/C19H19N5O/c1-12-10-15-17(11-24(12)19(25)14-6-4-3-5-7-14)21-13(2)22-18(15)16-8-9-20-23-16/h3-9,12H,10-11H2,1-2H3,(H,20,23). The number of H-pyrrole nitrogens is 1. The molecule has 0 aliphatic carbocycles. The third-order valence-electron chi connectivity index (χ3n) is 4.59. The van der Waals surface area contributed by atoms with Gasteiger partial charge in [0, 0.05) is 23.4 Å². The van der Waals surface area contributed by atoms with Crippen LogP contribution in [0.1, 0.15) is 34.4 Å². The van der Waals surface area contributed by atoms with E-state index in [2.05, 4.69) is 27.1 Å². The molecule has 6 heteroatoms. The van der Waals surface area contributed by atoms with Gasteiger partial charge in [-0.1, -0.05) is 18.2 Å². The van der Waals surface area contributed by atoms with Gasteiger partial charge >= 0.3 is 0 Å². The summed E-state index contributed by atoms with van der Waals surface area (Å²) in [5, 5.41) is 7.01. The van der Waals surface area contributed by atoms with Gasteiger partial charge < -0.3 is 4.90 Å².